The Labute approximate surface area is 215 Å². The summed E-state index contributed by atoms with van der Waals surface area (Å²) in [5, 5.41) is 9.28. The molecule has 0 atom stereocenters. The molecule has 1 amide bonds. The van der Waals surface area contributed by atoms with Crippen LogP contribution in [0, 0.1) is 13.8 Å². The van der Waals surface area contributed by atoms with Crippen molar-refractivity contribution in [2.45, 2.75) is 20.4 Å². The number of carbonyl (C=O) groups excluding carboxylic acids is 1. The van der Waals surface area contributed by atoms with Crippen molar-refractivity contribution in [2.24, 2.45) is 7.05 Å². The lowest BCUT2D eigenvalue weighted by molar-refractivity contribution is 0.0623. The Kier molecular flexibility index (Phi) is 6.67. The molecule has 0 aliphatic carbocycles. The van der Waals surface area contributed by atoms with Crippen molar-refractivity contribution < 1.29 is 19.4 Å². The molecular formula is C29H30N4O4. The number of piperazine rings is 1. The number of ether oxygens (including phenoxy) is 1. The summed E-state index contributed by atoms with van der Waals surface area (Å²) in [5.74, 6) is 1.34. The van der Waals surface area contributed by atoms with Crippen LogP contribution in [-0.2, 0) is 13.6 Å². The van der Waals surface area contributed by atoms with E-state index in [1.165, 1.54) is 5.56 Å². The van der Waals surface area contributed by atoms with Gasteiger partial charge in [-0.15, -0.1) is 0 Å². The summed E-state index contributed by atoms with van der Waals surface area (Å²) in [7, 11) is 1.91. The van der Waals surface area contributed by atoms with Crippen molar-refractivity contribution in [3.63, 3.8) is 0 Å². The third-order valence-corrected chi connectivity index (χ3v) is 6.88. The minimum absolute atomic E-state index is 0.00495. The van der Waals surface area contributed by atoms with Gasteiger partial charge in [0.15, 0.2) is 0 Å². The average Bonchev–Trinajstić information content (AvgIpc) is 3.20. The molecule has 2 heterocycles. The van der Waals surface area contributed by atoms with Crippen LogP contribution in [0.4, 0.5) is 0 Å². The largest absolute Gasteiger partial charge is 0.478 e. The van der Waals surface area contributed by atoms with Crippen LogP contribution >= 0.6 is 0 Å². The molecule has 1 aliphatic rings. The second-order valence-corrected chi connectivity index (χ2v) is 9.56. The number of fused-ring (bicyclic) bond motifs is 1. The van der Waals surface area contributed by atoms with Crippen molar-refractivity contribution in [3.8, 4) is 11.5 Å². The van der Waals surface area contributed by atoms with Gasteiger partial charge in [-0.2, -0.15) is 0 Å². The number of carboxylic acid groups (broad SMARTS) is 1. The van der Waals surface area contributed by atoms with Gasteiger partial charge in [0.05, 0.1) is 23.1 Å². The summed E-state index contributed by atoms with van der Waals surface area (Å²) in [4.78, 5) is 33.4. The number of nitrogens with zero attached hydrogens (tertiary/aromatic N) is 4. The molecule has 0 bridgehead atoms. The summed E-state index contributed by atoms with van der Waals surface area (Å²) in [6.45, 7) is 7.39. The first-order valence-electron chi connectivity index (χ1n) is 12.3. The van der Waals surface area contributed by atoms with Gasteiger partial charge in [-0.05, 0) is 61.9 Å². The lowest BCUT2D eigenvalue weighted by Gasteiger charge is -2.34. The first-order valence-corrected chi connectivity index (χ1v) is 12.3. The minimum Gasteiger partial charge on any atom is -0.478 e. The molecule has 1 fully saturated rings. The lowest BCUT2D eigenvalue weighted by atomic mass is 10.1. The fraction of sp³-hybridized carbons (Fsp3) is 0.276. The Morgan fingerprint density at radius 2 is 1.73 bits per heavy atom. The Hall–Kier alpha value is -4.17. The van der Waals surface area contributed by atoms with E-state index in [2.05, 4.69) is 11.0 Å². The highest BCUT2D eigenvalue weighted by Gasteiger charge is 2.24. The zero-order valence-electron chi connectivity index (χ0n) is 21.3. The van der Waals surface area contributed by atoms with Gasteiger partial charge in [0.2, 0.25) is 0 Å². The summed E-state index contributed by atoms with van der Waals surface area (Å²) >= 11 is 0. The topological polar surface area (TPSA) is 87.9 Å². The maximum absolute atomic E-state index is 13.2. The number of hydrogen-bond acceptors (Lipinski definition) is 5. The number of aromatic carboxylic acids is 1. The molecule has 190 valence electrons. The molecule has 37 heavy (non-hydrogen) atoms. The molecule has 5 rings (SSSR count). The molecule has 8 heteroatoms. The first-order chi connectivity index (χ1) is 17.8. The van der Waals surface area contributed by atoms with Crippen LogP contribution in [-0.4, -0.2) is 62.5 Å². The molecule has 0 spiro atoms. The standard InChI is InChI=1S/C29H30N4O4/c1-19-7-10-26(20(2)15-19)37-23-6-4-5-21(16-23)28(34)33-13-11-32(12-14-33)18-27-30-24-9-8-22(29(35)36)17-25(24)31(27)3/h4-10,15-17H,11-14,18H2,1-3H3,(H,35,36). The number of aryl methyl sites for hydroxylation is 3. The SMILES string of the molecule is Cc1ccc(Oc2cccc(C(=O)N3CCN(Cc4nc5ccc(C(=O)O)cc5n4C)CC3)c2)c(C)c1. The van der Waals surface area contributed by atoms with E-state index in [1.807, 2.05) is 60.7 Å². The predicted octanol–water partition coefficient (Wildman–Crippen LogP) is 4.64. The van der Waals surface area contributed by atoms with E-state index in [-0.39, 0.29) is 11.5 Å². The van der Waals surface area contributed by atoms with Crippen LogP contribution in [0.25, 0.3) is 11.0 Å². The number of rotatable bonds is 6. The Morgan fingerprint density at radius 3 is 2.46 bits per heavy atom. The number of carbonyl (C=O) groups is 2. The van der Waals surface area contributed by atoms with Gasteiger partial charge in [0.1, 0.15) is 17.3 Å². The van der Waals surface area contributed by atoms with Crippen molar-refractivity contribution in [1.82, 2.24) is 19.4 Å². The second kappa shape index (κ2) is 10.1. The third kappa shape index (κ3) is 5.20. The second-order valence-electron chi connectivity index (χ2n) is 9.56. The lowest BCUT2D eigenvalue weighted by Crippen LogP contribution is -2.48. The summed E-state index contributed by atoms with van der Waals surface area (Å²) < 4.78 is 8.01. The van der Waals surface area contributed by atoms with Crippen molar-refractivity contribution in [1.29, 1.82) is 0 Å². The van der Waals surface area contributed by atoms with Gasteiger partial charge in [0, 0.05) is 38.8 Å². The third-order valence-electron chi connectivity index (χ3n) is 6.88. The van der Waals surface area contributed by atoms with Gasteiger partial charge >= 0.3 is 5.97 Å². The summed E-state index contributed by atoms with van der Waals surface area (Å²) in [5.41, 5.74) is 4.66. The number of carboxylic acids is 1. The molecule has 0 saturated carbocycles. The number of aromatic nitrogens is 2. The molecule has 4 aromatic rings. The highest BCUT2D eigenvalue weighted by molar-refractivity contribution is 5.95. The molecule has 1 aliphatic heterocycles. The number of benzene rings is 3. The zero-order chi connectivity index (χ0) is 26.1. The van der Waals surface area contributed by atoms with E-state index >= 15 is 0 Å². The van der Waals surface area contributed by atoms with Gasteiger partial charge in [0.25, 0.3) is 5.91 Å². The van der Waals surface area contributed by atoms with Crippen LogP contribution in [0.5, 0.6) is 11.5 Å². The molecule has 3 aromatic carbocycles. The molecule has 8 nitrogen and oxygen atoms in total. The van der Waals surface area contributed by atoms with E-state index in [4.69, 9.17) is 9.72 Å². The molecule has 1 saturated heterocycles. The maximum Gasteiger partial charge on any atom is 0.335 e. The minimum atomic E-state index is -0.951. The predicted molar refractivity (Wildman–Crippen MR) is 141 cm³/mol. The Balaban J connectivity index is 1.22. The molecule has 1 aromatic heterocycles. The number of imidazole rings is 1. The molecular weight excluding hydrogens is 468 g/mol. The van der Waals surface area contributed by atoms with Gasteiger partial charge in [-0.3, -0.25) is 9.69 Å². The van der Waals surface area contributed by atoms with Crippen LogP contribution in [0.1, 0.15) is 37.7 Å². The quantitative estimate of drug-likeness (QED) is 0.417. The van der Waals surface area contributed by atoms with E-state index in [9.17, 15) is 14.7 Å². The summed E-state index contributed by atoms with van der Waals surface area (Å²) in [6, 6.07) is 18.4. The molecule has 0 radical (unpaired) electrons. The van der Waals surface area contributed by atoms with Crippen LogP contribution in [0.2, 0.25) is 0 Å². The first kappa shape index (κ1) is 24.5. The van der Waals surface area contributed by atoms with E-state index in [1.54, 1.807) is 24.3 Å². The zero-order valence-corrected chi connectivity index (χ0v) is 21.3. The van der Waals surface area contributed by atoms with E-state index in [0.29, 0.717) is 30.9 Å². The van der Waals surface area contributed by atoms with Gasteiger partial charge in [-0.1, -0.05) is 23.8 Å². The van der Waals surface area contributed by atoms with E-state index in [0.717, 1.165) is 41.3 Å². The van der Waals surface area contributed by atoms with Gasteiger partial charge < -0.3 is 19.3 Å². The van der Waals surface area contributed by atoms with Gasteiger partial charge in [-0.25, -0.2) is 9.78 Å². The molecule has 0 unspecified atom stereocenters. The number of hydrogen-bond donors (Lipinski definition) is 1. The van der Waals surface area contributed by atoms with Crippen LogP contribution < -0.4 is 4.74 Å². The van der Waals surface area contributed by atoms with Crippen molar-refractivity contribution in [2.75, 3.05) is 26.2 Å². The van der Waals surface area contributed by atoms with Crippen LogP contribution in [0.3, 0.4) is 0 Å². The van der Waals surface area contributed by atoms with E-state index < -0.39 is 5.97 Å². The summed E-state index contributed by atoms with van der Waals surface area (Å²) in [6.07, 6.45) is 0. The Morgan fingerprint density at radius 1 is 0.946 bits per heavy atom. The average molecular weight is 499 g/mol. The van der Waals surface area contributed by atoms with Crippen molar-refractivity contribution in [3.05, 3.63) is 88.7 Å². The fourth-order valence-electron chi connectivity index (χ4n) is 4.74. The fourth-order valence-corrected chi connectivity index (χ4v) is 4.74. The monoisotopic (exact) mass is 498 g/mol. The van der Waals surface area contributed by atoms with Crippen LogP contribution in [0.15, 0.2) is 60.7 Å². The smallest absolute Gasteiger partial charge is 0.335 e. The Bertz CT molecular complexity index is 1480. The maximum atomic E-state index is 13.2. The highest BCUT2D eigenvalue weighted by atomic mass is 16.5. The normalized spacial score (nSPS) is 14.2. The van der Waals surface area contributed by atoms with Crippen molar-refractivity contribution >= 4 is 22.9 Å². The highest BCUT2D eigenvalue weighted by Crippen LogP contribution is 2.27. The molecule has 1 N–H and O–H groups in total. The number of amides is 1.